The Morgan fingerprint density at radius 1 is 1.06 bits per heavy atom. The topological polar surface area (TPSA) is 72.4 Å². The van der Waals surface area contributed by atoms with Gasteiger partial charge in [-0.1, -0.05) is 6.92 Å². The number of nitrogens with zero attached hydrogens (tertiary/aromatic N) is 4. The van der Waals surface area contributed by atoms with Crippen LogP contribution in [0.1, 0.15) is 13.3 Å². The molecule has 0 unspecified atom stereocenters. The van der Waals surface area contributed by atoms with E-state index in [1.165, 1.54) is 14.2 Å². The van der Waals surface area contributed by atoms with Crippen molar-refractivity contribution in [1.82, 2.24) is 20.3 Å². The van der Waals surface area contributed by atoms with Crippen LogP contribution in [0.3, 0.4) is 0 Å². The zero-order valence-electron chi connectivity index (χ0n) is 11.4. The minimum atomic E-state index is 0.266. The number of methoxy groups -OCH3 is 2. The quantitative estimate of drug-likeness (QED) is 0.717. The molecule has 1 rings (SSSR count). The van der Waals surface area contributed by atoms with Crippen LogP contribution in [0.4, 0.5) is 5.95 Å². The Labute approximate surface area is 108 Å². The molecular formula is C11H21N5O2. The molecule has 1 heterocycles. The van der Waals surface area contributed by atoms with Gasteiger partial charge < -0.3 is 19.7 Å². The Balaban J connectivity index is 2.93. The van der Waals surface area contributed by atoms with Gasteiger partial charge in [-0.15, -0.1) is 4.98 Å². The average Bonchev–Trinajstić information content (AvgIpc) is 2.42. The Morgan fingerprint density at radius 3 is 2.11 bits per heavy atom. The van der Waals surface area contributed by atoms with Crippen LogP contribution in [-0.2, 0) is 0 Å². The normalized spacial score (nSPS) is 10.2. The van der Waals surface area contributed by atoms with Crippen molar-refractivity contribution in [2.45, 2.75) is 13.3 Å². The van der Waals surface area contributed by atoms with Crippen molar-refractivity contribution in [2.24, 2.45) is 0 Å². The first-order chi connectivity index (χ1) is 8.74. The molecule has 0 aromatic carbocycles. The van der Waals surface area contributed by atoms with Crippen molar-refractivity contribution in [3.63, 3.8) is 0 Å². The lowest BCUT2D eigenvalue weighted by molar-refractivity contribution is 0.339. The van der Waals surface area contributed by atoms with Crippen LogP contribution < -0.4 is 19.7 Å². The van der Waals surface area contributed by atoms with Crippen LogP contribution in [0.2, 0.25) is 0 Å². The third-order valence-corrected chi connectivity index (χ3v) is 2.36. The van der Waals surface area contributed by atoms with E-state index in [1.807, 2.05) is 7.05 Å². The molecule has 7 heteroatoms. The smallest absolute Gasteiger partial charge is 0.324 e. The number of hydrogen-bond acceptors (Lipinski definition) is 7. The molecule has 0 aliphatic carbocycles. The fourth-order valence-electron chi connectivity index (χ4n) is 1.48. The van der Waals surface area contributed by atoms with Gasteiger partial charge in [0.25, 0.3) is 0 Å². The molecule has 0 spiro atoms. The number of hydrogen-bond donors (Lipinski definition) is 1. The number of likely N-dealkylation sites (N-methyl/N-ethyl adjacent to an activating group) is 1. The Bertz CT molecular complexity index is 339. The van der Waals surface area contributed by atoms with Gasteiger partial charge in [0.1, 0.15) is 0 Å². The van der Waals surface area contributed by atoms with Crippen LogP contribution in [-0.4, -0.2) is 55.9 Å². The highest BCUT2D eigenvalue weighted by molar-refractivity contribution is 5.32. The molecule has 0 fully saturated rings. The van der Waals surface area contributed by atoms with Gasteiger partial charge in [0.2, 0.25) is 5.95 Å². The molecule has 0 atom stereocenters. The molecule has 0 amide bonds. The largest absolute Gasteiger partial charge is 0.467 e. The van der Waals surface area contributed by atoms with Crippen molar-refractivity contribution in [3.8, 4) is 12.0 Å². The van der Waals surface area contributed by atoms with Crippen molar-refractivity contribution in [3.05, 3.63) is 0 Å². The van der Waals surface area contributed by atoms with Gasteiger partial charge in [-0.05, 0) is 13.5 Å². The van der Waals surface area contributed by atoms with Crippen LogP contribution in [0.5, 0.6) is 12.0 Å². The lowest BCUT2D eigenvalue weighted by Crippen LogP contribution is -2.33. The van der Waals surface area contributed by atoms with Crippen LogP contribution in [0.15, 0.2) is 0 Å². The van der Waals surface area contributed by atoms with Gasteiger partial charge in [0.15, 0.2) is 0 Å². The van der Waals surface area contributed by atoms with E-state index in [4.69, 9.17) is 9.47 Å². The van der Waals surface area contributed by atoms with E-state index in [0.717, 1.165) is 26.1 Å². The summed E-state index contributed by atoms with van der Waals surface area (Å²) in [6.45, 7) is 4.66. The van der Waals surface area contributed by atoms with E-state index in [2.05, 4.69) is 32.1 Å². The molecule has 0 bridgehead atoms. The SMILES string of the molecule is CCCN(CCNC)c1nc(OC)nc(OC)n1. The summed E-state index contributed by atoms with van der Waals surface area (Å²) in [5, 5.41) is 3.11. The monoisotopic (exact) mass is 255 g/mol. The van der Waals surface area contributed by atoms with Crippen LogP contribution in [0.25, 0.3) is 0 Å². The van der Waals surface area contributed by atoms with E-state index in [1.54, 1.807) is 0 Å². The first-order valence-electron chi connectivity index (χ1n) is 5.98. The lowest BCUT2D eigenvalue weighted by atomic mass is 10.4. The third kappa shape index (κ3) is 3.99. The fourth-order valence-corrected chi connectivity index (χ4v) is 1.48. The summed E-state index contributed by atoms with van der Waals surface area (Å²) in [6, 6.07) is 0.532. The van der Waals surface area contributed by atoms with Gasteiger partial charge in [-0.2, -0.15) is 9.97 Å². The molecule has 18 heavy (non-hydrogen) atoms. The zero-order chi connectivity index (χ0) is 13.4. The highest BCUT2D eigenvalue weighted by Gasteiger charge is 2.13. The van der Waals surface area contributed by atoms with Gasteiger partial charge in [0.05, 0.1) is 14.2 Å². The summed E-state index contributed by atoms with van der Waals surface area (Å²) >= 11 is 0. The summed E-state index contributed by atoms with van der Waals surface area (Å²) in [5.41, 5.74) is 0. The maximum Gasteiger partial charge on any atom is 0.324 e. The number of nitrogens with one attached hydrogen (secondary N) is 1. The summed E-state index contributed by atoms with van der Waals surface area (Å²) < 4.78 is 10.1. The molecule has 0 aliphatic heterocycles. The summed E-state index contributed by atoms with van der Waals surface area (Å²) in [7, 11) is 4.96. The molecule has 1 aromatic rings. The van der Waals surface area contributed by atoms with Gasteiger partial charge in [0, 0.05) is 19.6 Å². The number of rotatable bonds is 8. The summed E-state index contributed by atoms with van der Waals surface area (Å²) in [6.07, 6.45) is 1.01. The average molecular weight is 255 g/mol. The third-order valence-electron chi connectivity index (χ3n) is 2.36. The van der Waals surface area contributed by atoms with E-state index in [-0.39, 0.29) is 12.0 Å². The van der Waals surface area contributed by atoms with Crippen molar-refractivity contribution in [2.75, 3.05) is 45.8 Å². The Hall–Kier alpha value is -1.63. The van der Waals surface area contributed by atoms with E-state index in [9.17, 15) is 0 Å². The second-order valence-electron chi connectivity index (χ2n) is 3.70. The molecule has 7 nitrogen and oxygen atoms in total. The lowest BCUT2D eigenvalue weighted by Gasteiger charge is -2.22. The standard InChI is InChI=1S/C11H21N5O2/c1-5-7-16(8-6-12-2)9-13-10(17-3)15-11(14-9)18-4/h12H,5-8H2,1-4H3. The minimum absolute atomic E-state index is 0.266. The van der Waals surface area contributed by atoms with Crippen molar-refractivity contribution >= 4 is 5.95 Å². The molecule has 0 aliphatic rings. The fraction of sp³-hybridized carbons (Fsp3) is 0.727. The predicted octanol–water partition coefficient (Wildman–Crippen LogP) is 0.325. The number of ether oxygens (including phenoxy) is 2. The zero-order valence-corrected chi connectivity index (χ0v) is 11.4. The van der Waals surface area contributed by atoms with E-state index < -0.39 is 0 Å². The summed E-state index contributed by atoms with van der Waals surface area (Å²) in [5.74, 6) is 0.579. The van der Waals surface area contributed by atoms with Crippen molar-refractivity contribution < 1.29 is 9.47 Å². The maximum absolute atomic E-state index is 5.05. The molecule has 1 N–H and O–H groups in total. The molecule has 0 radical (unpaired) electrons. The molecule has 0 saturated carbocycles. The highest BCUT2D eigenvalue weighted by atomic mass is 16.5. The van der Waals surface area contributed by atoms with Gasteiger partial charge in [-0.3, -0.25) is 0 Å². The first-order valence-corrected chi connectivity index (χ1v) is 5.98. The molecule has 102 valence electrons. The Morgan fingerprint density at radius 2 is 1.67 bits per heavy atom. The number of anilines is 1. The van der Waals surface area contributed by atoms with Crippen molar-refractivity contribution in [1.29, 1.82) is 0 Å². The predicted molar refractivity (Wildman–Crippen MR) is 69.4 cm³/mol. The minimum Gasteiger partial charge on any atom is -0.467 e. The van der Waals surface area contributed by atoms with Crippen LogP contribution in [0, 0.1) is 0 Å². The van der Waals surface area contributed by atoms with Gasteiger partial charge in [-0.25, -0.2) is 0 Å². The molecular weight excluding hydrogens is 234 g/mol. The number of aromatic nitrogens is 3. The summed E-state index contributed by atoms with van der Waals surface area (Å²) in [4.78, 5) is 14.5. The maximum atomic E-state index is 5.05. The second-order valence-corrected chi connectivity index (χ2v) is 3.70. The highest BCUT2D eigenvalue weighted by Crippen LogP contribution is 2.15. The second kappa shape index (κ2) is 7.65. The van der Waals surface area contributed by atoms with E-state index in [0.29, 0.717) is 5.95 Å². The van der Waals surface area contributed by atoms with Gasteiger partial charge >= 0.3 is 12.0 Å². The van der Waals surface area contributed by atoms with Crippen LogP contribution >= 0.6 is 0 Å². The molecule has 1 aromatic heterocycles. The molecule has 0 saturated heterocycles. The Kier molecular flexibility index (Phi) is 6.13. The first kappa shape index (κ1) is 14.4. The van der Waals surface area contributed by atoms with E-state index >= 15 is 0 Å².